The average molecular weight is 214 g/mol. The first-order valence-corrected chi connectivity index (χ1v) is 5.77. The lowest BCUT2D eigenvalue weighted by Gasteiger charge is -2.18. The zero-order valence-corrected chi connectivity index (χ0v) is 8.94. The molecule has 0 aromatic rings. The first-order chi connectivity index (χ1) is 7.34. The molecule has 2 fully saturated rings. The summed E-state index contributed by atoms with van der Waals surface area (Å²) in [6, 6.07) is 0. The van der Waals surface area contributed by atoms with Crippen LogP contribution in [0.5, 0.6) is 0 Å². The molecule has 0 aliphatic carbocycles. The van der Waals surface area contributed by atoms with Crippen molar-refractivity contribution in [3.05, 3.63) is 0 Å². The molecule has 2 unspecified atom stereocenters. The maximum absolute atomic E-state index is 11.2. The van der Waals surface area contributed by atoms with Crippen LogP contribution in [-0.4, -0.2) is 31.6 Å². The second-order valence-electron chi connectivity index (χ2n) is 4.13. The molecule has 2 aliphatic rings. The normalized spacial score (nSPS) is 32.4. The zero-order valence-electron chi connectivity index (χ0n) is 8.94. The van der Waals surface area contributed by atoms with Gasteiger partial charge in [0, 0.05) is 19.4 Å². The largest absolute Gasteiger partial charge is 0.436 e. The molecule has 0 bridgehead atoms. The lowest BCUT2D eigenvalue weighted by Crippen LogP contribution is -2.24. The number of esters is 1. The van der Waals surface area contributed by atoms with Crippen molar-refractivity contribution >= 4 is 5.97 Å². The van der Waals surface area contributed by atoms with Gasteiger partial charge in [0.25, 0.3) is 0 Å². The van der Waals surface area contributed by atoms with Crippen LogP contribution >= 0.6 is 0 Å². The summed E-state index contributed by atoms with van der Waals surface area (Å²) in [5.74, 6) is -0.134. The summed E-state index contributed by atoms with van der Waals surface area (Å²) in [6.45, 7) is 1.39. The number of cyclic esters (lactones) is 1. The highest BCUT2D eigenvalue weighted by atomic mass is 16.7. The van der Waals surface area contributed by atoms with Crippen molar-refractivity contribution in [1.29, 1.82) is 0 Å². The van der Waals surface area contributed by atoms with Crippen LogP contribution in [0.2, 0.25) is 0 Å². The lowest BCUT2D eigenvalue weighted by molar-refractivity contribution is -0.182. The van der Waals surface area contributed by atoms with Crippen LogP contribution in [0.3, 0.4) is 0 Å². The van der Waals surface area contributed by atoms with Gasteiger partial charge in [0.2, 0.25) is 6.29 Å². The molecule has 0 amide bonds. The molecule has 0 spiro atoms. The van der Waals surface area contributed by atoms with Crippen LogP contribution < -0.4 is 0 Å². The molecule has 0 N–H and O–H groups in total. The predicted molar refractivity (Wildman–Crippen MR) is 53.3 cm³/mol. The number of hydrogen-bond acceptors (Lipinski definition) is 4. The second-order valence-corrected chi connectivity index (χ2v) is 4.13. The van der Waals surface area contributed by atoms with E-state index in [0.29, 0.717) is 13.0 Å². The van der Waals surface area contributed by atoms with Gasteiger partial charge in [-0.3, -0.25) is 4.79 Å². The first-order valence-electron chi connectivity index (χ1n) is 5.77. The fraction of sp³-hybridized carbons (Fsp3) is 0.909. The van der Waals surface area contributed by atoms with Gasteiger partial charge in [0.1, 0.15) is 0 Å². The molecule has 2 heterocycles. The molecule has 86 valence electrons. The third kappa shape index (κ3) is 3.47. The van der Waals surface area contributed by atoms with E-state index in [0.717, 1.165) is 38.7 Å². The monoisotopic (exact) mass is 214 g/mol. The average Bonchev–Trinajstić information content (AvgIpc) is 2.65. The quantitative estimate of drug-likeness (QED) is 0.670. The highest BCUT2D eigenvalue weighted by Crippen LogP contribution is 2.18. The van der Waals surface area contributed by atoms with E-state index in [1.54, 1.807) is 0 Å². The van der Waals surface area contributed by atoms with Crippen LogP contribution in [0.4, 0.5) is 0 Å². The Kier molecular flexibility index (Phi) is 3.97. The van der Waals surface area contributed by atoms with Crippen molar-refractivity contribution in [1.82, 2.24) is 0 Å². The molecule has 2 saturated heterocycles. The van der Waals surface area contributed by atoms with E-state index in [1.807, 2.05) is 0 Å². The maximum atomic E-state index is 11.2. The summed E-state index contributed by atoms with van der Waals surface area (Å²) < 4.78 is 16.1. The number of carbonyl (C=O) groups excluding carboxylic acids is 1. The van der Waals surface area contributed by atoms with Crippen molar-refractivity contribution < 1.29 is 19.0 Å². The molecule has 2 atom stereocenters. The van der Waals surface area contributed by atoms with E-state index in [2.05, 4.69) is 0 Å². The van der Waals surface area contributed by atoms with Gasteiger partial charge in [-0.25, -0.2) is 0 Å². The summed E-state index contributed by atoms with van der Waals surface area (Å²) in [6.07, 6.45) is 5.29. The SMILES string of the molecule is O=C1CCCCC(OCC2CCCO2)O1. The Morgan fingerprint density at radius 1 is 1.27 bits per heavy atom. The van der Waals surface area contributed by atoms with Gasteiger partial charge in [0.05, 0.1) is 12.7 Å². The van der Waals surface area contributed by atoms with E-state index in [1.165, 1.54) is 0 Å². The van der Waals surface area contributed by atoms with E-state index in [9.17, 15) is 4.79 Å². The minimum atomic E-state index is -0.343. The Morgan fingerprint density at radius 2 is 2.20 bits per heavy atom. The fourth-order valence-corrected chi connectivity index (χ4v) is 1.95. The molecule has 4 heteroatoms. The van der Waals surface area contributed by atoms with Gasteiger partial charge in [-0.2, -0.15) is 0 Å². The summed E-state index contributed by atoms with van der Waals surface area (Å²) in [5, 5.41) is 0. The summed E-state index contributed by atoms with van der Waals surface area (Å²) >= 11 is 0. The smallest absolute Gasteiger partial charge is 0.308 e. The van der Waals surface area contributed by atoms with Gasteiger partial charge >= 0.3 is 5.97 Å². The maximum Gasteiger partial charge on any atom is 0.308 e. The van der Waals surface area contributed by atoms with Crippen molar-refractivity contribution in [2.24, 2.45) is 0 Å². The molecule has 0 aromatic carbocycles. The molecule has 2 aliphatic heterocycles. The van der Waals surface area contributed by atoms with E-state index in [4.69, 9.17) is 14.2 Å². The van der Waals surface area contributed by atoms with Crippen LogP contribution in [-0.2, 0) is 19.0 Å². The van der Waals surface area contributed by atoms with Gasteiger partial charge in [-0.15, -0.1) is 0 Å². The van der Waals surface area contributed by atoms with Crippen molar-refractivity contribution in [2.75, 3.05) is 13.2 Å². The highest BCUT2D eigenvalue weighted by Gasteiger charge is 2.22. The van der Waals surface area contributed by atoms with Gasteiger partial charge in [-0.05, 0) is 25.7 Å². The van der Waals surface area contributed by atoms with Gasteiger partial charge < -0.3 is 14.2 Å². The number of rotatable bonds is 3. The molecule has 4 nitrogen and oxygen atoms in total. The van der Waals surface area contributed by atoms with Gasteiger partial charge in [0.15, 0.2) is 0 Å². The van der Waals surface area contributed by atoms with Crippen molar-refractivity contribution in [3.8, 4) is 0 Å². The standard InChI is InChI=1S/C11H18O4/c12-10-5-1-2-6-11(15-10)14-8-9-4-3-7-13-9/h9,11H,1-8H2. The summed E-state index contributed by atoms with van der Waals surface area (Å²) in [7, 11) is 0. The molecule has 15 heavy (non-hydrogen) atoms. The van der Waals surface area contributed by atoms with Crippen LogP contribution in [0.1, 0.15) is 38.5 Å². The number of carbonyl (C=O) groups is 1. The molecule has 0 aromatic heterocycles. The van der Waals surface area contributed by atoms with E-state index < -0.39 is 0 Å². The highest BCUT2D eigenvalue weighted by molar-refractivity contribution is 5.69. The van der Waals surface area contributed by atoms with Crippen molar-refractivity contribution in [2.45, 2.75) is 50.9 Å². The molecule has 0 radical (unpaired) electrons. The third-order valence-electron chi connectivity index (χ3n) is 2.83. The minimum absolute atomic E-state index is 0.134. The Hall–Kier alpha value is -0.610. The fourth-order valence-electron chi connectivity index (χ4n) is 1.95. The first kappa shape index (κ1) is 10.9. The van der Waals surface area contributed by atoms with E-state index >= 15 is 0 Å². The summed E-state index contributed by atoms with van der Waals surface area (Å²) in [5.41, 5.74) is 0. The Bertz CT molecular complexity index is 211. The molecular formula is C11H18O4. The Balaban J connectivity index is 1.70. The van der Waals surface area contributed by atoms with Crippen molar-refractivity contribution in [3.63, 3.8) is 0 Å². The van der Waals surface area contributed by atoms with Crippen LogP contribution in [0.25, 0.3) is 0 Å². The third-order valence-corrected chi connectivity index (χ3v) is 2.83. The van der Waals surface area contributed by atoms with Crippen LogP contribution in [0.15, 0.2) is 0 Å². The molecular weight excluding hydrogens is 196 g/mol. The predicted octanol–water partition coefficient (Wildman–Crippen LogP) is 1.63. The topological polar surface area (TPSA) is 44.8 Å². The zero-order chi connectivity index (χ0) is 10.5. The second kappa shape index (κ2) is 5.47. The lowest BCUT2D eigenvalue weighted by atomic mass is 10.2. The minimum Gasteiger partial charge on any atom is -0.436 e. The van der Waals surface area contributed by atoms with Crippen LogP contribution in [0, 0.1) is 0 Å². The molecule has 2 rings (SSSR count). The Labute approximate surface area is 89.9 Å². The molecule has 0 saturated carbocycles. The number of hydrogen-bond donors (Lipinski definition) is 0. The van der Waals surface area contributed by atoms with Gasteiger partial charge in [-0.1, -0.05) is 0 Å². The number of ether oxygens (including phenoxy) is 3. The summed E-state index contributed by atoms with van der Waals surface area (Å²) in [4.78, 5) is 11.2. The van der Waals surface area contributed by atoms with E-state index in [-0.39, 0.29) is 18.4 Å². The Morgan fingerprint density at radius 3 is 3.00 bits per heavy atom.